The number of carbonyl (C=O) groups is 2. The van der Waals surface area contributed by atoms with E-state index in [0.29, 0.717) is 23.2 Å². The Morgan fingerprint density at radius 3 is 2.44 bits per heavy atom. The monoisotopic (exact) mass is 331 g/mol. The standard InChI is InChI=1S/C21H17NO3/c1-13-15(9-10-25-13)12-22(2)21(24)14-7-8-17-16-5-3-4-6-18(16)20(23)19(17)11-14/h3-11H,12H2,1-2H3. The first kappa shape index (κ1) is 15.4. The van der Waals surface area contributed by atoms with Crippen molar-refractivity contribution < 1.29 is 14.0 Å². The third-order valence-electron chi connectivity index (χ3n) is 4.69. The van der Waals surface area contributed by atoms with Gasteiger partial charge in [0, 0.05) is 35.8 Å². The SMILES string of the molecule is Cc1occc1CN(C)C(=O)c1ccc2c(c1)C(=O)c1ccccc1-2. The number of carbonyl (C=O) groups excluding carboxylic acids is 2. The fraction of sp³-hybridized carbons (Fsp3) is 0.143. The highest BCUT2D eigenvalue weighted by molar-refractivity contribution is 6.22. The van der Waals surface area contributed by atoms with Gasteiger partial charge < -0.3 is 9.32 Å². The Hall–Kier alpha value is -3.14. The molecule has 1 heterocycles. The van der Waals surface area contributed by atoms with Crippen molar-refractivity contribution in [1.82, 2.24) is 4.90 Å². The van der Waals surface area contributed by atoms with Crippen molar-refractivity contribution in [2.45, 2.75) is 13.5 Å². The van der Waals surface area contributed by atoms with Gasteiger partial charge in [0.2, 0.25) is 0 Å². The predicted molar refractivity (Wildman–Crippen MR) is 94.6 cm³/mol. The molecule has 3 aromatic rings. The van der Waals surface area contributed by atoms with Crippen LogP contribution in [-0.2, 0) is 6.54 Å². The maximum atomic E-state index is 12.7. The maximum Gasteiger partial charge on any atom is 0.253 e. The molecule has 2 aromatic carbocycles. The molecule has 4 rings (SSSR count). The second-order valence-electron chi connectivity index (χ2n) is 6.30. The Bertz CT molecular complexity index is 1000. The van der Waals surface area contributed by atoms with Gasteiger partial charge in [0.1, 0.15) is 5.76 Å². The average molecular weight is 331 g/mol. The summed E-state index contributed by atoms with van der Waals surface area (Å²) in [7, 11) is 1.75. The van der Waals surface area contributed by atoms with Crippen LogP contribution in [0.4, 0.5) is 0 Å². The molecular formula is C21H17NO3. The summed E-state index contributed by atoms with van der Waals surface area (Å²) in [6.45, 7) is 2.34. The number of benzene rings is 2. The topological polar surface area (TPSA) is 50.5 Å². The number of fused-ring (bicyclic) bond motifs is 3. The summed E-state index contributed by atoms with van der Waals surface area (Å²) < 4.78 is 5.28. The lowest BCUT2D eigenvalue weighted by Crippen LogP contribution is -2.26. The Kier molecular flexibility index (Phi) is 3.53. The molecule has 0 bridgehead atoms. The van der Waals surface area contributed by atoms with Crippen LogP contribution in [0, 0.1) is 6.92 Å². The van der Waals surface area contributed by atoms with Gasteiger partial charge in [0.05, 0.1) is 6.26 Å². The molecule has 0 spiro atoms. The van der Waals surface area contributed by atoms with E-state index < -0.39 is 0 Å². The van der Waals surface area contributed by atoms with Crippen LogP contribution in [0.25, 0.3) is 11.1 Å². The van der Waals surface area contributed by atoms with Gasteiger partial charge in [0.25, 0.3) is 5.91 Å². The van der Waals surface area contributed by atoms with Crippen LogP contribution in [-0.4, -0.2) is 23.6 Å². The van der Waals surface area contributed by atoms with Gasteiger partial charge in [-0.1, -0.05) is 30.3 Å². The lowest BCUT2D eigenvalue weighted by atomic mass is 10.0. The normalized spacial score (nSPS) is 12.0. The molecule has 0 unspecified atom stereocenters. The third kappa shape index (κ3) is 2.47. The smallest absolute Gasteiger partial charge is 0.253 e. The fourth-order valence-corrected chi connectivity index (χ4v) is 3.28. The van der Waals surface area contributed by atoms with E-state index >= 15 is 0 Å². The highest BCUT2D eigenvalue weighted by atomic mass is 16.3. The highest BCUT2D eigenvalue weighted by Crippen LogP contribution is 2.36. The number of ketones is 1. The van der Waals surface area contributed by atoms with E-state index in [1.54, 1.807) is 30.3 Å². The summed E-state index contributed by atoms with van der Waals surface area (Å²) in [5.41, 5.74) is 4.61. The Morgan fingerprint density at radius 2 is 1.72 bits per heavy atom. The molecule has 0 fully saturated rings. The lowest BCUT2D eigenvalue weighted by molar-refractivity contribution is 0.0784. The molecule has 0 radical (unpaired) electrons. The van der Waals surface area contributed by atoms with Crippen molar-refractivity contribution in [2.75, 3.05) is 7.05 Å². The second kappa shape index (κ2) is 5.74. The molecule has 0 aliphatic heterocycles. The summed E-state index contributed by atoms with van der Waals surface area (Å²) in [4.78, 5) is 27.0. The van der Waals surface area contributed by atoms with Gasteiger partial charge in [-0.05, 0) is 36.2 Å². The Balaban J connectivity index is 1.64. The fourth-order valence-electron chi connectivity index (χ4n) is 3.28. The van der Waals surface area contributed by atoms with Crippen LogP contribution in [0.2, 0.25) is 0 Å². The molecule has 4 nitrogen and oxygen atoms in total. The Labute approximate surface area is 145 Å². The molecule has 124 valence electrons. The predicted octanol–water partition coefficient (Wildman–Crippen LogP) is 4.07. The largest absolute Gasteiger partial charge is 0.469 e. The molecule has 1 amide bonds. The van der Waals surface area contributed by atoms with E-state index in [0.717, 1.165) is 22.5 Å². The minimum absolute atomic E-state index is 0.0198. The zero-order chi connectivity index (χ0) is 17.6. The van der Waals surface area contributed by atoms with Gasteiger partial charge in [-0.2, -0.15) is 0 Å². The average Bonchev–Trinajstić information content (AvgIpc) is 3.16. The zero-order valence-corrected chi connectivity index (χ0v) is 14.1. The number of aryl methyl sites for hydroxylation is 1. The van der Waals surface area contributed by atoms with Crippen molar-refractivity contribution in [3.63, 3.8) is 0 Å². The van der Waals surface area contributed by atoms with Crippen molar-refractivity contribution in [3.8, 4) is 11.1 Å². The molecule has 1 aromatic heterocycles. The lowest BCUT2D eigenvalue weighted by Gasteiger charge is -2.17. The molecule has 1 aliphatic rings. The molecule has 0 atom stereocenters. The van der Waals surface area contributed by atoms with Crippen LogP contribution in [0.1, 0.15) is 37.6 Å². The summed E-state index contributed by atoms with van der Waals surface area (Å²) in [5.74, 6) is 0.667. The van der Waals surface area contributed by atoms with Gasteiger partial charge in [0.15, 0.2) is 5.78 Å². The van der Waals surface area contributed by atoms with Crippen LogP contribution in [0.3, 0.4) is 0 Å². The molecule has 0 saturated carbocycles. The van der Waals surface area contributed by atoms with Crippen LogP contribution >= 0.6 is 0 Å². The third-order valence-corrected chi connectivity index (χ3v) is 4.69. The molecule has 1 aliphatic carbocycles. The van der Waals surface area contributed by atoms with Crippen LogP contribution < -0.4 is 0 Å². The molecular weight excluding hydrogens is 314 g/mol. The van der Waals surface area contributed by atoms with Gasteiger partial charge in [-0.25, -0.2) is 0 Å². The van der Waals surface area contributed by atoms with E-state index in [1.165, 1.54) is 0 Å². The van der Waals surface area contributed by atoms with Gasteiger partial charge in [-0.15, -0.1) is 0 Å². The van der Waals surface area contributed by atoms with Crippen molar-refractivity contribution in [1.29, 1.82) is 0 Å². The highest BCUT2D eigenvalue weighted by Gasteiger charge is 2.27. The number of nitrogens with zero attached hydrogens (tertiary/aromatic N) is 1. The van der Waals surface area contributed by atoms with E-state index in [2.05, 4.69) is 0 Å². The van der Waals surface area contributed by atoms with E-state index in [4.69, 9.17) is 4.42 Å². The number of amides is 1. The maximum absolute atomic E-state index is 12.7. The van der Waals surface area contributed by atoms with E-state index in [1.807, 2.05) is 43.3 Å². The minimum Gasteiger partial charge on any atom is -0.469 e. The van der Waals surface area contributed by atoms with Crippen molar-refractivity contribution in [3.05, 3.63) is 82.8 Å². The summed E-state index contributed by atoms with van der Waals surface area (Å²) in [6, 6.07) is 14.8. The summed E-state index contributed by atoms with van der Waals surface area (Å²) >= 11 is 0. The molecule has 0 N–H and O–H groups in total. The number of furan rings is 1. The van der Waals surface area contributed by atoms with Gasteiger partial charge >= 0.3 is 0 Å². The first-order valence-corrected chi connectivity index (χ1v) is 8.13. The quantitative estimate of drug-likeness (QED) is 0.568. The van der Waals surface area contributed by atoms with E-state index in [9.17, 15) is 9.59 Å². The first-order valence-electron chi connectivity index (χ1n) is 8.13. The molecule has 0 saturated heterocycles. The number of hydrogen-bond donors (Lipinski definition) is 0. The van der Waals surface area contributed by atoms with Gasteiger partial charge in [-0.3, -0.25) is 9.59 Å². The minimum atomic E-state index is -0.118. The van der Waals surface area contributed by atoms with Crippen molar-refractivity contribution in [2.24, 2.45) is 0 Å². The van der Waals surface area contributed by atoms with Crippen LogP contribution in [0.5, 0.6) is 0 Å². The second-order valence-corrected chi connectivity index (χ2v) is 6.30. The molecule has 4 heteroatoms. The van der Waals surface area contributed by atoms with Crippen LogP contribution in [0.15, 0.2) is 59.2 Å². The van der Waals surface area contributed by atoms with E-state index in [-0.39, 0.29) is 11.7 Å². The van der Waals surface area contributed by atoms with Crippen molar-refractivity contribution >= 4 is 11.7 Å². The Morgan fingerprint density at radius 1 is 1.00 bits per heavy atom. The number of hydrogen-bond acceptors (Lipinski definition) is 3. The summed E-state index contributed by atoms with van der Waals surface area (Å²) in [6.07, 6.45) is 1.62. The zero-order valence-electron chi connectivity index (χ0n) is 14.1. The first-order chi connectivity index (χ1) is 12.1. The number of rotatable bonds is 3. The summed E-state index contributed by atoms with van der Waals surface area (Å²) in [5, 5.41) is 0. The molecule has 25 heavy (non-hydrogen) atoms.